The number of alkyl halides is 3. The summed E-state index contributed by atoms with van der Waals surface area (Å²) in [6.45, 7) is 1.82. The monoisotopic (exact) mass is 312 g/mol. The number of carbonyl (C=O) groups is 3. The summed E-state index contributed by atoms with van der Waals surface area (Å²) in [5.41, 5.74) is 0.339. The van der Waals surface area contributed by atoms with E-state index in [-0.39, 0.29) is 12.2 Å². The van der Waals surface area contributed by atoms with Crippen molar-refractivity contribution in [2.75, 3.05) is 6.61 Å². The maximum Gasteiger partial charge on any atom is 0.450 e. The van der Waals surface area contributed by atoms with Gasteiger partial charge in [0.05, 0.1) is 13.0 Å². The zero-order valence-electron chi connectivity index (χ0n) is 11.5. The highest BCUT2D eigenvalue weighted by Crippen LogP contribution is 2.19. The van der Waals surface area contributed by atoms with Crippen molar-refractivity contribution in [1.82, 2.24) is 0 Å². The fourth-order valence-corrected chi connectivity index (χ4v) is 1.38. The van der Waals surface area contributed by atoms with E-state index < -0.39 is 30.1 Å². The van der Waals surface area contributed by atoms with Gasteiger partial charge in [-0.15, -0.1) is 0 Å². The Kier molecular flexibility index (Phi) is 5.87. The lowest BCUT2D eigenvalue weighted by molar-refractivity contribution is -0.170. The van der Waals surface area contributed by atoms with Crippen LogP contribution >= 0.6 is 0 Å². The third kappa shape index (κ3) is 5.40. The smallest absolute Gasteiger partial charge is 0.450 e. The molecule has 1 rings (SSSR count). The standard InChI is InChI=1S/C15H11F3O4/c1-2-22-14(21)8-5-10-3-6-11(7-4-10)12(19)9-13(20)15(16,17)18/h3-4,6-7H,2,9H2,1H3. The van der Waals surface area contributed by atoms with Crippen LogP contribution < -0.4 is 0 Å². The largest absolute Gasteiger partial charge is 0.456 e. The third-order valence-electron chi connectivity index (χ3n) is 2.43. The van der Waals surface area contributed by atoms with E-state index in [9.17, 15) is 27.6 Å². The fraction of sp³-hybridized carbons (Fsp3) is 0.267. The zero-order chi connectivity index (χ0) is 16.8. The minimum atomic E-state index is -5.03. The normalized spacial score (nSPS) is 10.4. The van der Waals surface area contributed by atoms with Crippen molar-refractivity contribution in [3.8, 4) is 11.8 Å². The predicted molar refractivity (Wildman–Crippen MR) is 70.0 cm³/mol. The number of hydrogen-bond donors (Lipinski definition) is 0. The van der Waals surface area contributed by atoms with Crippen LogP contribution in [0.4, 0.5) is 13.2 Å². The Hall–Kier alpha value is -2.62. The van der Waals surface area contributed by atoms with Crippen molar-refractivity contribution < 1.29 is 32.3 Å². The van der Waals surface area contributed by atoms with Gasteiger partial charge in [-0.05, 0) is 19.1 Å². The number of benzene rings is 1. The van der Waals surface area contributed by atoms with Gasteiger partial charge in [0.1, 0.15) is 0 Å². The van der Waals surface area contributed by atoms with Crippen LogP contribution in [-0.4, -0.2) is 30.3 Å². The maximum absolute atomic E-state index is 12.1. The molecule has 0 unspecified atom stereocenters. The molecular formula is C15H11F3O4. The van der Waals surface area contributed by atoms with Crippen molar-refractivity contribution in [2.24, 2.45) is 0 Å². The van der Waals surface area contributed by atoms with Crippen LogP contribution in [0.15, 0.2) is 24.3 Å². The number of hydrogen-bond acceptors (Lipinski definition) is 4. The van der Waals surface area contributed by atoms with Crippen LogP contribution in [0.5, 0.6) is 0 Å². The SMILES string of the molecule is CCOC(=O)C#Cc1ccc(C(=O)CC(=O)C(F)(F)F)cc1. The Balaban J connectivity index is 2.75. The van der Waals surface area contributed by atoms with Crippen molar-refractivity contribution in [3.63, 3.8) is 0 Å². The van der Waals surface area contributed by atoms with Gasteiger partial charge in [-0.1, -0.05) is 18.1 Å². The molecule has 0 aliphatic heterocycles. The third-order valence-corrected chi connectivity index (χ3v) is 2.43. The first-order chi connectivity index (χ1) is 10.2. The van der Waals surface area contributed by atoms with Crippen LogP contribution in [0.25, 0.3) is 0 Å². The molecule has 0 amide bonds. The molecule has 0 saturated heterocycles. The van der Waals surface area contributed by atoms with Gasteiger partial charge in [0.2, 0.25) is 5.78 Å². The van der Waals surface area contributed by atoms with Gasteiger partial charge in [0.15, 0.2) is 5.78 Å². The molecule has 0 bridgehead atoms. The molecular weight excluding hydrogens is 301 g/mol. The van der Waals surface area contributed by atoms with E-state index in [1.807, 2.05) is 0 Å². The number of esters is 1. The number of ketones is 2. The van der Waals surface area contributed by atoms with E-state index in [1.165, 1.54) is 24.3 Å². The molecule has 1 aromatic rings. The fourth-order valence-electron chi connectivity index (χ4n) is 1.38. The van der Waals surface area contributed by atoms with E-state index in [4.69, 9.17) is 0 Å². The van der Waals surface area contributed by atoms with Crippen LogP contribution in [0.1, 0.15) is 29.3 Å². The second-order valence-electron chi connectivity index (χ2n) is 4.07. The van der Waals surface area contributed by atoms with Gasteiger partial charge in [0, 0.05) is 17.0 Å². The number of halogens is 3. The molecule has 22 heavy (non-hydrogen) atoms. The first-order valence-corrected chi connectivity index (χ1v) is 6.16. The molecule has 7 heteroatoms. The molecule has 0 radical (unpaired) electrons. The highest BCUT2D eigenvalue weighted by molar-refractivity contribution is 6.09. The lowest BCUT2D eigenvalue weighted by Crippen LogP contribution is -2.25. The lowest BCUT2D eigenvalue weighted by Gasteiger charge is -2.04. The number of carbonyl (C=O) groups excluding carboxylic acids is 3. The Morgan fingerprint density at radius 1 is 1.14 bits per heavy atom. The molecule has 4 nitrogen and oxygen atoms in total. The lowest BCUT2D eigenvalue weighted by atomic mass is 10.0. The molecule has 1 aromatic carbocycles. The number of ether oxygens (including phenoxy) is 1. The second kappa shape index (κ2) is 7.41. The van der Waals surface area contributed by atoms with E-state index in [0.29, 0.717) is 5.56 Å². The molecule has 0 aliphatic carbocycles. The van der Waals surface area contributed by atoms with Gasteiger partial charge in [-0.25, -0.2) is 4.79 Å². The van der Waals surface area contributed by atoms with E-state index in [1.54, 1.807) is 6.92 Å². The van der Waals surface area contributed by atoms with Crippen LogP contribution in [-0.2, 0) is 14.3 Å². The Bertz CT molecular complexity index is 633. The van der Waals surface area contributed by atoms with Crippen LogP contribution in [0, 0.1) is 11.8 Å². The number of Topliss-reactive ketones (excluding diaryl/α,β-unsaturated/α-hetero) is 2. The quantitative estimate of drug-likeness (QED) is 0.370. The minimum absolute atomic E-state index is 0.0423. The molecule has 0 spiro atoms. The summed E-state index contributed by atoms with van der Waals surface area (Å²) in [6.07, 6.45) is -6.27. The summed E-state index contributed by atoms with van der Waals surface area (Å²) >= 11 is 0. The van der Waals surface area contributed by atoms with Crippen molar-refractivity contribution in [1.29, 1.82) is 0 Å². The average molecular weight is 312 g/mol. The Labute approximate surface area is 124 Å². The van der Waals surface area contributed by atoms with Crippen LogP contribution in [0.3, 0.4) is 0 Å². The summed E-state index contributed by atoms with van der Waals surface area (Å²) in [4.78, 5) is 33.3. The Morgan fingerprint density at radius 3 is 2.23 bits per heavy atom. The topological polar surface area (TPSA) is 60.4 Å². The summed E-state index contributed by atoms with van der Waals surface area (Å²) in [7, 11) is 0. The van der Waals surface area contributed by atoms with E-state index in [2.05, 4.69) is 16.6 Å². The maximum atomic E-state index is 12.1. The molecule has 0 N–H and O–H groups in total. The number of rotatable bonds is 4. The summed E-state index contributed by atoms with van der Waals surface area (Å²) < 4.78 is 40.8. The van der Waals surface area contributed by atoms with Crippen molar-refractivity contribution in [3.05, 3.63) is 35.4 Å². The highest BCUT2D eigenvalue weighted by Gasteiger charge is 2.39. The van der Waals surface area contributed by atoms with Crippen molar-refractivity contribution in [2.45, 2.75) is 19.5 Å². The molecule has 0 aromatic heterocycles. The zero-order valence-corrected chi connectivity index (χ0v) is 11.5. The molecule has 116 valence electrons. The summed E-state index contributed by atoms with van der Waals surface area (Å²) in [6, 6.07) is 5.19. The second-order valence-corrected chi connectivity index (χ2v) is 4.07. The van der Waals surface area contributed by atoms with Gasteiger partial charge in [0.25, 0.3) is 0 Å². The van der Waals surface area contributed by atoms with E-state index >= 15 is 0 Å². The first kappa shape index (κ1) is 17.4. The minimum Gasteiger partial charge on any atom is -0.456 e. The Morgan fingerprint density at radius 2 is 1.73 bits per heavy atom. The average Bonchev–Trinajstić information content (AvgIpc) is 2.45. The molecule has 0 aliphatic rings. The van der Waals surface area contributed by atoms with Gasteiger partial charge < -0.3 is 4.74 Å². The van der Waals surface area contributed by atoms with E-state index in [0.717, 1.165) is 0 Å². The summed E-state index contributed by atoms with van der Waals surface area (Å²) in [5, 5.41) is 0. The van der Waals surface area contributed by atoms with Gasteiger partial charge in [-0.3, -0.25) is 9.59 Å². The van der Waals surface area contributed by atoms with Gasteiger partial charge in [-0.2, -0.15) is 13.2 Å². The first-order valence-electron chi connectivity index (χ1n) is 6.16. The highest BCUT2D eigenvalue weighted by atomic mass is 19.4. The van der Waals surface area contributed by atoms with Crippen LogP contribution in [0.2, 0.25) is 0 Å². The van der Waals surface area contributed by atoms with Gasteiger partial charge >= 0.3 is 12.1 Å². The van der Waals surface area contributed by atoms with Crippen molar-refractivity contribution >= 4 is 17.5 Å². The molecule has 0 fully saturated rings. The molecule has 0 saturated carbocycles. The predicted octanol–water partition coefficient (Wildman–Crippen LogP) is 2.31. The molecule has 0 heterocycles. The molecule has 0 atom stereocenters. The summed E-state index contributed by atoms with van der Waals surface area (Å²) in [5.74, 6) is 0.938.